The molecule has 1 saturated heterocycles. The Kier molecular flexibility index (Phi) is 4.23. The summed E-state index contributed by atoms with van der Waals surface area (Å²) in [5.41, 5.74) is 2.46. The smallest absolute Gasteiger partial charge is 0.204 e. The highest BCUT2D eigenvalue weighted by Gasteiger charge is 2.37. The number of ether oxygens (including phenoxy) is 2. The highest BCUT2D eigenvalue weighted by Crippen LogP contribution is 2.33. The maximum atomic E-state index is 5.73. The Hall–Kier alpha value is -0.380. The largest absolute Gasteiger partial charge is 0.343 e. The lowest BCUT2D eigenvalue weighted by atomic mass is 9.99. The number of rotatable bonds is 4. The Morgan fingerprint density at radius 1 is 1.18 bits per heavy atom. The van der Waals surface area contributed by atoms with Gasteiger partial charge in [-0.1, -0.05) is 54.0 Å². The van der Waals surface area contributed by atoms with Gasteiger partial charge in [-0.25, -0.2) is 0 Å². The van der Waals surface area contributed by atoms with Crippen molar-refractivity contribution in [2.24, 2.45) is 5.92 Å². The molecule has 1 aromatic rings. The monoisotopic (exact) mass is 298 g/mol. The average molecular weight is 299 g/mol. The number of halogens is 1. The maximum Gasteiger partial charge on any atom is 0.204 e. The van der Waals surface area contributed by atoms with E-state index >= 15 is 0 Å². The van der Waals surface area contributed by atoms with Crippen molar-refractivity contribution >= 4 is 15.9 Å². The van der Waals surface area contributed by atoms with Crippen LogP contribution >= 0.6 is 15.9 Å². The molecule has 1 aromatic carbocycles. The van der Waals surface area contributed by atoms with Gasteiger partial charge >= 0.3 is 0 Å². The second-order valence-electron chi connectivity index (χ2n) is 4.88. The van der Waals surface area contributed by atoms with E-state index in [2.05, 4.69) is 54.0 Å². The lowest BCUT2D eigenvalue weighted by Crippen LogP contribution is -2.28. The fourth-order valence-electron chi connectivity index (χ4n) is 2.14. The lowest BCUT2D eigenvalue weighted by molar-refractivity contribution is -0.144. The summed E-state index contributed by atoms with van der Waals surface area (Å²) in [6.07, 6.45) is 1.11. The Morgan fingerprint density at radius 3 is 2.24 bits per heavy atom. The SMILES string of the molecule is CC(C)Cc1ccc(C2(CBr)OCCO2)cc1. The fourth-order valence-corrected chi connectivity index (χ4v) is 2.79. The zero-order chi connectivity index (χ0) is 12.3. The average Bonchev–Trinajstić information content (AvgIpc) is 2.79. The van der Waals surface area contributed by atoms with Gasteiger partial charge in [0.05, 0.1) is 18.5 Å². The summed E-state index contributed by atoms with van der Waals surface area (Å²) in [6, 6.07) is 8.57. The molecule has 0 radical (unpaired) electrons. The van der Waals surface area contributed by atoms with Crippen LogP contribution in [-0.2, 0) is 21.7 Å². The molecular formula is C14H19BrO2. The van der Waals surface area contributed by atoms with Gasteiger partial charge in [0.2, 0.25) is 5.79 Å². The molecule has 2 rings (SSSR count). The summed E-state index contributed by atoms with van der Waals surface area (Å²) < 4.78 is 11.5. The topological polar surface area (TPSA) is 18.5 Å². The Bertz CT molecular complexity index is 353. The molecule has 0 N–H and O–H groups in total. The van der Waals surface area contributed by atoms with E-state index < -0.39 is 5.79 Å². The molecule has 0 atom stereocenters. The first-order valence-corrected chi connectivity index (χ1v) is 7.22. The third-order valence-corrected chi connectivity index (χ3v) is 3.71. The fraction of sp³-hybridized carbons (Fsp3) is 0.571. The molecule has 1 aliphatic heterocycles. The Morgan fingerprint density at radius 2 is 1.76 bits per heavy atom. The van der Waals surface area contributed by atoms with E-state index in [4.69, 9.17) is 9.47 Å². The van der Waals surface area contributed by atoms with Gasteiger partial charge in [-0.3, -0.25) is 0 Å². The first-order valence-electron chi connectivity index (χ1n) is 6.09. The molecule has 1 heterocycles. The van der Waals surface area contributed by atoms with Crippen LogP contribution < -0.4 is 0 Å². The van der Waals surface area contributed by atoms with Crippen molar-refractivity contribution in [2.45, 2.75) is 26.1 Å². The summed E-state index contributed by atoms with van der Waals surface area (Å²) in [6.45, 7) is 5.80. The molecule has 1 fully saturated rings. The second-order valence-corrected chi connectivity index (χ2v) is 5.44. The third-order valence-electron chi connectivity index (χ3n) is 2.97. The molecule has 94 valence electrons. The minimum atomic E-state index is -0.573. The van der Waals surface area contributed by atoms with Gasteiger partial charge in [-0.2, -0.15) is 0 Å². The van der Waals surface area contributed by atoms with Crippen molar-refractivity contribution in [3.63, 3.8) is 0 Å². The Balaban J connectivity index is 2.16. The molecule has 0 amide bonds. The standard InChI is InChI=1S/C14H19BrO2/c1-11(2)9-12-3-5-13(6-4-12)14(10-15)16-7-8-17-14/h3-6,11H,7-10H2,1-2H3. The summed E-state index contributed by atoms with van der Waals surface area (Å²) in [4.78, 5) is 0. The molecule has 0 aliphatic carbocycles. The molecule has 2 nitrogen and oxygen atoms in total. The quantitative estimate of drug-likeness (QED) is 0.793. The van der Waals surface area contributed by atoms with Gasteiger partial charge in [0.25, 0.3) is 0 Å². The number of hydrogen-bond acceptors (Lipinski definition) is 2. The van der Waals surface area contributed by atoms with Crippen molar-refractivity contribution in [2.75, 3.05) is 18.5 Å². The van der Waals surface area contributed by atoms with E-state index in [0.29, 0.717) is 24.5 Å². The predicted octanol–water partition coefficient (Wildman–Crippen LogP) is 3.48. The van der Waals surface area contributed by atoms with Gasteiger partial charge in [-0.15, -0.1) is 0 Å². The number of hydrogen-bond donors (Lipinski definition) is 0. The van der Waals surface area contributed by atoms with Gasteiger partial charge in [0, 0.05) is 5.56 Å². The highest BCUT2D eigenvalue weighted by molar-refractivity contribution is 9.09. The van der Waals surface area contributed by atoms with Gasteiger partial charge in [0.15, 0.2) is 0 Å². The molecule has 0 aromatic heterocycles. The number of benzene rings is 1. The minimum absolute atomic E-state index is 0.573. The minimum Gasteiger partial charge on any atom is -0.343 e. The first kappa shape index (κ1) is 13.1. The van der Waals surface area contributed by atoms with E-state index in [0.717, 1.165) is 12.0 Å². The van der Waals surface area contributed by atoms with Crippen LogP contribution in [0.25, 0.3) is 0 Å². The molecule has 0 bridgehead atoms. The van der Waals surface area contributed by atoms with Crippen LogP contribution in [0.5, 0.6) is 0 Å². The molecule has 1 aliphatic rings. The van der Waals surface area contributed by atoms with E-state index in [1.807, 2.05) is 0 Å². The third kappa shape index (κ3) is 2.90. The van der Waals surface area contributed by atoms with Crippen molar-refractivity contribution in [3.8, 4) is 0 Å². The van der Waals surface area contributed by atoms with Crippen LogP contribution in [0.2, 0.25) is 0 Å². The van der Waals surface area contributed by atoms with Crippen molar-refractivity contribution < 1.29 is 9.47 Å². The van der Waals surface area contributed by atoms with E-state index in [1.165, 1.54) is 5.56 Å². The predicted molar refractivity (Wildman–Crippen MR) is 72.4 cm³/mol. The highest BCUT2D eigenvalue weighted by atomic mass is 79.9. The summed E-state index contributed by atoms with van der Waals surface area (Å²) in [7, 11) is 0. The van der Waals surface area contributed by atoms with Crippen molar-refractivity contribution in [3.05, 3.63) is 35.4 Å². The van der Waals surface area contributed by atoms with Crippen LogP contribution in [-0.4, -0.2) is 18.5 Å². The van der Waals surface area contributed by atoms with Crippen LogP contribution in [0, 0.1) is 5.92 Å². The molecule has 0 unspecified atom stereocenters. The number of alkyl halides is 1. The molecule has 17 heavy (non-hydrogen) atoms. The van der Waals surface area contributed by atoms with Gasteiger partial charge in [0.1, 0.15) is 0 Å². The lowest BCUT2D eigenvalue weighted by Gasteiger charge is -2.25. The second kappa shape index (κ2) is 5.51. The molecule has 3 heteroatoms. The maximum absolute atomic E-state index is 5.73. The molecular weight excluding hydrogens is 280 g/mol. The summed E-state index contributed by atoms with van der Waals surface area (Å²) in [5.74, 6) is 0.112. The van der Waals surface area contributed by atoms with Gasteiger partial charge in [-0.05, 0) is 17.9 Å². The zero-order valence-electron chi connectivity index (χ0n) is 10.4. The molecule has 0 saturated carbocycles. The van der Waals surface area contributed by atoms with Gasteiger partial charge < -0.3 is 9.47 Å². The van der Waals surface area contributed by atoms with Crippen molar-refractivity contribution in [1.29, 1.82) is 0 Å². The molecule has 0 spiro atoms. The normalized spacial score (nSPS) is 18.8. The van der Waals surface area contributed by atoms with E-state index in [-0.39, 0.29) is 0 Å². The summed E-state index contributed by atoms with van der Waals surface area (Å²) in [5, 5.41) is 0.670. The van der Waals surface area contributed by atoms with Crippen LogP contribution in [0.1, 0.15) is 25.0 Å². The van der Waals surface area contributed by atoms with Crippen molar-refractivity contribution in [1.82, 2.24) is 0 Å². The van der Waals surface area contributed by atoms with E-state index in [1.54, 1.807) is 0 Å². The Labute approximate surface area is 111 Å². The summed E-state index contributed by atoms with van der Waals surface area (Å²) >= 11 is 3.48. The van der Waals surface area contributed by atoms with Crippen LogP contribution in [0.15, 0.2) is 24.3 Å². The van der Waals surface area contributed by atoms with E-state index in [9.17, 15) is 0 Å². The van der Waals surface area contributed by atoms with Crippen LogP contribution in [0.4, 0.5) is 0 Å². The van der Waals surface area contributed by atoms with Crippen LogP contribution in [0.3, 0.4) is 0 Å². The zero-order valence-corrected chi connectivity index (χ0v) is 12.0. The first-order chi connectivity index (χ1) is 8.16.